The van der Waals surface area contributed by atoms with E-state index in [4.69, 9.17) is 37.3 Å². The third-order valence-corrected chi connectivity index (χ3v) is 9.92. The molecule has 0 fully saturated rings. The molecule has 2 N–H and O–H groups in total. The molecule has 2 aromatic heterocycles. The lowest BCUT2D eigenvalue weighted by Gasteiger charge is -2.39. The number of aliphatic hydroxyl groups excluding tert-OH is 2. The van der Waals surface area contributed by atoms with Crippen molar-refractivity contribution < 1.29 is 57.1 Å². The number of nitrogens with zero attached hydrogens (tertiary/aromatic N) is 2. The number of cyclic esters (lactones) is 2. The molecule has 0 aliphatic carbocycles. The number of methoxy groups -OCH3 is 4. The molecule has 4 bridgehead atoms. The Morgan fingerprint density at radius 3 is 1.30 bits per heavy atom. The first-order valence-corrected chi connectivity index (χ1v) is 19.4. The Bertz CT molecular complexity index is 1860. The number of oxazole rings is 2. The minimum atomic E-state index is -1.06. The highest BCUT2D eigenvalue weighted by Crippen LogP contribution is 2.35. The second-order valence-corrected chi connectivity index (χ2v) is 14.9. The van der Waals surface area contributed by atoms with Crippen LogP contribution in [0.4, 0.5) is 0 Å². The monoisotopic (exact) mass is 830 g/mol. The number of carbonyl (C=O) groups is 2. The Hall–Kier alpha value is -5.32. The molecule has 0 saturated heterocycles. The fraction of sp³-hybridized carbons (Fsp3) is 0.478. The standard InChI is InChI=1S/C46H58N2O12/c1-11-21-37(49)45(3,4)41-35(55-9)25-19-15-16-20-26-36(56-10)42(46(5,6)38(50)22-12-2)60-44(52)34-30-58-40(48-34)28-32(54-8)24-18-14-13-17-23-31(53-7)27-39-47-33(29-57-39)43(51)59-41/h11-12,17-26,29-32,35-38,41-42,49-50H,27-28H2,1-10H3/b21-11+,22-12+,23-17-,24-18-,25-19-,26-20-. The minimum Gasteiger partial charge on any atom is -0.454 e. The van der Waals surface area contributed by atoms with Gasteiger partial charge >= 0.3 is 11.9 Å². The normalized spacial score (nSPS) is 26.1. The number of aliphatic hydroxyl groups is 2. The Balaban J connectivity index is 2.09. The van der Waals surface area contributed by atoms with Gasteiger partial charge in [0, 0.05) is 39.3 Å². The zero-order chi connectivity index (χ0) is 44.3. The van der Waals surface area contributed by atoms with Crippen molar-refractivity contribution >= 4 is 11.9 Å². The summed E-state index contributed by atoms with van der Waals surface area (Å²) in [6, 6.07) is 0. The zero-order valence-electron chi connectivity index (χ0n) is 36.0. The second kappa shape index (κ2) is 24.1. The topological polar surface area (TPSA) is 182 Å². The van der Waals surface area contributed by atoms with Crippen molar-refractivity contribution in [2.24, 2.45) is 10.8 Å². The van der Waals surface area contributed by atoms with Gasteiger partial charge in [-0.2, -0.15) is 0 Å². The number of hydrogen-bond acceptors (Lipinski definition) is 14. The quantitative estimate of drug-likeness (QED) is 0.168. The van der Waals surface area contributed by atoms with Crippen LogP contribution < -0.4 is 0 Å². The number of allylic oxidation sites excluding steroid dienone is 6. The first-order valence-electron chi connectivity index (χ1n) is 19.4. The van der Waals surface area contributed by atoms with Crippen molar-refractivity contribution in [3.8, 4) is 23.7 Å². The molecule has 0 radical (unpaired) electrons. The molecule has 2 aromatic rings. The number of esters is 2. The van der Waals surface area contributed by atoms with Crippen LogP contribution in [0, 0.1) is 34.5 Å². The van der Waals surface area contributed by atoms with Crippen LogP contribution in [0.5, 0.6) is 0 Å². The van der Waals surface area contributed by atoms with E-state index in [2.05, 4.69) is 33.6 Å². The molecule has 60 heavy (non-hydrogen) atoms. The van der Waals surface area contributed by atoms with E-state index in [0.717, 1.165) is 0 Å². The van der Waals surface area contributed by atoms with Gasteiger partial charge in [0.25, 0.3) is 0 Å². The fourth-order valence-corrected chi connectivity index (χ4v) is 6.03. The van der Waals surface area contributed by atoms with Gasteiger partial charge in [0.05, 0.1) is 37.3 Å². The van der Waals surface area contributed by atoms with Crippen molar-refractivity contribution in [3.05, 3.63) is 109 Å². The molecule has 0 saturated carbocycles. The Morgan fingerprint density at radius 2 is 0.983 bits per heavy atom. The predicted molar refractivity (Wildman–Crippen MR) is 223 cm³/mol. The third-order valence-electron chi connectivity index (χ3n) is 9.92. The SMILES string of the molecule is C/C=C/C(O)C(C)(C)C1OC(=O)c2coc(n2)CC(OC)/C=C\C#C/C=C\C(OC)Cc2nc(co2)C(=O)OC(C(C)(C)C(O)/C=C/C)C(OC)/C=C\C#C/C=C\C1OC. The van der Waals surface area contributed by atoms with Crippen LogP contribution in [0.3, 0.4) is 0 Å². The third kappa shape index (κ3) is 13.9. The van der Waals surface area contributed by atoms with Crippen LogP contribution in [-0.2, 0) is 41.3 Å². The predicted octanol–water partition coefficient (Wildman–Crippen LogP) is 5.73. The lowest BCUT2D eigenvalue weighted by Crippen LogP contribution is -2.49. The van der Waals surface area contributed by atoms with E-state index in [1.54, 1.807) is 102 Å². The van der Waals surface area contributed by atoms with Crippen LogP contribution in [0.15, 0.2) is 94.3 Å². The molecule has 14 heteroatoms. The van der Waals surface area contributed by atoms with Gasteiger partial charge in [-0.15, -0.1) is 0 Å². The Labute approximate surface area is 353 Å². The largest absolute Gasteiger partial charge is 0.454 e. The number of aromatic nitrogens is 2. The van der Waals surface area contributed by atoms with Crippen molar-refractivity contribution in [2.45, 2.75) is 103 Å². The van der Waals surface area contributed by atoms with Gasteiger partial charge in [0.1, 0.15) is 36.9 Å². The average molecular weight is 831 g/mol. The maximum Gasteiger partial charge on any atom is 0.360 e. The number of hydrogen-bond donors (Lipinski definition) is 2. The van der Waals surface area contributed by atoms with Crippen molar-refractivity contribution in [1.82, 2.24) is 9.97 Å². The smallest absolute Gasteiger partial charge is 0.360 e. The average Bonchev–Trinajstić information content (AvgIpc) is 3.91. The van der Waals surface area contributed by atoms with Crippen molar-refractivity contribution in [1.29, 1.82) is 0 Å². The van der Waals surface area contributed by atoms with Gasteiger partial charge in [-0.1, -0.05) is 75.7 Å². The maximum atomic E-state index is 13.6. The van der Waals surface area contributed by atoms with Gasteiger partial charge in [-0.3, -0.25) is 0 Å². The van der Waals surface area contributed by atoms with E-state index >= 15 is 0 Å². The van der Waals surface area contributed by atoms with Crippen LogP contribution >= 0.6 is 0 Å². The molecule has 3 heterocycles. The van der Waals surface area contributed by atoms with Gasteiger partial charge in [-0.05, 0) is 62.5 Å². The highest BCUT2D eigenvalue weighted by atomic mass is 16.6. The zero-order valence-corrected chi connectivity index (χ0v) is 36.0. The summed E-state index contributed by atoms with van der Waals surface area (Å²) in [7, 11) is 5.95. The summed E-state index contributed by atoms with van der Waals surface area (Å²) < 4.78 is 45.9. The molecule has 3 rings (SSSR count). The number of rotatable bonds is 10. The van der Waals surface area contributed by atoms with Crippen molar-refractivity contribution in [3.63, 3.8) is 0 Å². The number of carbonyl (C=O) groups excluding carboxylic acids is 2. The van der Waals surface area contributed by atoms with Crippen LogP contribution in [0.2, 0.25) is 0 Å². The highest BCUT2D eigenvalue weighted by Gasteiger charge is 2.44. The molecule has 8 atom stereocenters. The van der Waals surface area contributed by atoms with Gasteiger partial charge in [0.15, 0.2) is 23.2 Å². The van der Waals surface area contributed by atoms with Crippen LogP contribution in [0.25, 0.3) is 0 Å². The summed E-state index contributed by atoms with van der Waals surface area (Å²) in [4.78, 5) is 35.8. The summed E-state index contributed by atoms with van der Waals surface area (Å²) in [5.41, 5.74) is -2.28. The van der Waals surface area contributed by atoms with E-state index in [-0.39, 0.29) is 36.0 Å². The molecule has 1 aliphatic rings. The Morgan fingerprint density at radius 1 is 0.633 bits per heavy atom. The van der Waals surface area contributed by atoms with E-state index in [1.165, 1.54) is 53.1 Å². The van der Waals surface area contributed by atoms with E-state index < -0.39 is 71.6 Å². The lowest BCUT2D eigenvalue weighted by molar-refractivity contribution is -0.0964. The summed E-state index contributed by atoms with van der Waals surface area (Å²) >= 11 is 0. The minimum absolute atomic E-state index is 0.0785. The van der Waals surface area contributed by atoms with Crippen LogP contribution in [0.1, 0.15) is 74.3 Å². The lowest BCUT2D eigenvalue weighted by atomic mass is 9.77. The van der Waals surface area contributed by atoms with Gasteiger partial charge in [-0.25, -0.2) is 19.6 Å². The van der Waals surface area contributed by atoms with Crippen molar-refractivity contribution in [2.75, 3.05) is 28.4 Å². The molecule has 0 spiro atoms. The molecule has 8 unspecified atom stereocenters. The summed E-state index contributed by atoms with van der Waals surface area (Å²) in [5, 5.41) is 22.2. The first kappa shape index (κ1) is 49.0. The van der Waals surface area contributed by atoms with Crippen LogP contribution in [-0.4, -0.2) is 109 Å². The summed E-state index contributed by atoms with van der Waals surface area (Å²) in [6.45, 7) is 10.5. The highest BCUT2D eigenvalue weighted by molar-refractivity contribution is 5.87. The molecule has 14 nitrogen and oxygen atoms in total. The van der Waals surface area contributed by atoms with E-state index in [9.17, 15) is 19.8 Å². The maximum absolute atomic E-state index is 13.6. The molecular weight excluding hydrogens is 773 g/mol. The van der Waals surface area contributed by atoms with Gasteiger partial charge < -0.3 is 47.5 Å². The molecule has 1 aliphatic heterocycles. The molecule has 0 aromatic carbocycles. The van der Waals surface area contributed by atoms with E-state index in [1.807, 2.05) is 0 Å². The molecular formula is C46H58N2O12. The first-order chi connectivity index (χ1) is 28.7. The summed E-state index contributed by atoms with van der Waals surface area (Å²) in [5.74, 6) is 10.5. The summed E-state index contributed by atoms with van der Waals surface area (Å²) in [6.07, 6.45) is 15.5. The second-order valence-electron chi connectivity index (χ2n) is 14.9. The molecule has 0 amide bonds. The fourth-order valence-electron chi connectivity index (χ4n) is 6.03. The molecule has 324 valence electrons. The van der Waals surface area contributed by atoms with E-state index in [0.29, 0.717) is 0 Å². The Kier molecular flexibility index (Phi) is 19.7. The van der Waals surface area contributed by atoms with Gasteiger partial charge in [0.2, 0.25) is 0 Å². The number of ether oxygens (including phenoxy) is 6. The number of fused-ring (bicyclic) bond motifs is 4.